The van der Waals surface area contributed by atoms with Gasteiger partial charge >= 0.3 is 0 Å². The number of anilines is 5. The fraction of sp³-hybridized carbons (Fsp3) is 0.0270. The van der Waals surface area contributed by atoms with Crippen molar-refractivity contribution in [3.05, 3.63) is 338 Å². The van der Waals surface area contributed by atoms with Gasteiger partial charge in [-0.1, -0.05) is 243 Å². The molecule has 11 aromatic rings. The molecule has 0 fully saturated rings. The summed E-state index contributed by atoms with van der Waals surface area (Å²) < 4.78 is 0. The van der Waals surface area contributed by atoms with Gasteiger partial charge in [0.05, 0.1) is 5.41 Å². The number of hydrogen-bond acceptors (Lipinski definition) is 2. The fourth-order valence-corrected chi connectivity index (χ4v) is 11.7. The molecular formula is C74H54N2. The normalized spacial score (nSPS) is 14.1. The molecule has 11 aromatic carbocycles. The molecule has 0 saturated heterocycles. The summed E-state index contributed by atoms with van der Waals surface area (Å²) in [5.41, 5.74) is 23.9. The summed E-state index contributed by atoms with van der Waals surface area (Å²) in [7, 11) is 0. The van der Waals surface area contributed by atoms with E-state index in [1.807, 2.05) is 0 Å². The van der Waals surface area contributed by atoms with E-state index in [1.54, 1.807) is 0 Å². The first-order valence-electron chi connectivity index (χ1n) is 26.2. The van der Waals surface area contributed by atoms with E-state index < -0.39 is 5.41 Å². The van der Waals surface area contributed by atoms with Crippen LogP contribution in [0.3, 0.4) is 0 Å². The number of rotatable bonds is 10. The highest BCUT2D eigenvalue weighted by molar-refractivity contribution is 5.92. The Kier molecular flexibility index (Phi) is 12.1. The van der Waals surface area contributed by atoms with Crippen LogP contribution < -0.4 is 9.80 Å². The number of para-hydroxylation sites is 1. The van der Waals surface area contributed by atoms with E-state index in [9.17, 15) is 0 Å². The van der Waals surface area contributed by atoms with Crippen molar-refractivity contribution in [3.63, 3.8) is 0 Å². The maximum Gasteiger partial charge on any atom is 0.0714 e. The third-order valence-electron chi connectivity index (χ3n) is 15.3. The summed E-state index contributed by atoms with van der Waals surface area (Å²) >= 11 is 0. The average molecular weight is 971 g/mol. The Morgan fingerprint density at radius 3 is 1.49 bits per heavy atom. The highest BCUT2D eigenvalue weighted by Crippen LogP contribution is 2.57. The first-order valence-corrected chi connectivity index (χ1v) is 26.2. The Hall–Kier alpha value is -9.76. The van der Waals surface area contributed by atoms with Crippen molar-refractivity contribution in [3.8, 4) is 55.6 Å². The number of nitrogens with zero attached hydrogens (tertiary/aromatic N) is 2. The number of benzene rings is 11. The van der Waals surface area contributed by atoms with Gasteiger partial charge in [0.1, 0.15) is 0 Å². The van der Waals surface area contributed by atoms with Gasteiger partial charge in [0.2, 0.25) is 0 Å². The predicted octanol–water partition coefficient (Wildman–Crippen LogP) is 19.5. The van der Waals surface area contributed by atoms with Crippen LogP contribution in [0.4, 0.5) is 28.4 Å². The predicted molar refractivity (Wildman–Crippen MR) is 321 cm³/mol. The van der Waals surface area contributed by atoms with E-state index in [4.69, 9.17) is 0 Å². The molecule has 0 bridgehead atoms. The van der Waals surface area contributed by atoms with Gasteiger partial charge in [0.15, 0.2) is 0 Å². The Morgan fingerprint density at radius 2 is 0.829 bits per heavy atom. The van der Waals surface area contributed by atoms with Crippen molar-refractivity contribution < 1.29 is 0 Å². The van der Waals surface area contributed by atoms with E-state index in [0.717, 1.165) is 61.8 Å². The largest absolute Gasteiger partial charge is 0.337 e. The highest BCUT2D eigenvalue weighted by atomic mass is 15.1. The highest BCUT2D eigenvalue weighted by Gasteiger charge is 2.46. The molecule has 0 atom stereocenters. The molecule has 2 aliphatic rings. The Bertz CT molecular complexity index is 3870. The van der Waals surface area contributed by atoms with Crippen molar-refractivity contribution in [1.82, 2.24) is 0 Å². The molecule has 76 heavy (non-hydrogen) atoms. The quantitative estimate of drug-likeness (QED) is 0.135. The van der Waals surface area contributed by atoms with Gasteiger partial charge in [-0.15, -0.1) is 0 Å². The summed E-state index contributed by atoms with van der Waals surface area (Å²) in [6.07, 6.45) is 8.58. The van der Waals surface area contributed by atoms with Crippen LogP contribution in [0, 0.1) is 0 Å². The van der Waals surface area contributed by atoms with Crippen LogP contribution in [0.1, 0.15) is 27.8 Å². The molecule has 0 amide bonds. The lowest BCUT2D eigenvalue weighted by Crippen LogP contribution is -2.28. The van der Waals surface area contributed by atoms with Crippen LogP contribution in [-0.2, 0) is 5.41 Å². The first kappa shape index (κ1) is 46.1. The van der Waals surface area contributed by atoms with Gasteiger partial charge < -0.3 is 9.80 Å². The minimum Gasteiger partial charge on any atom is -0.337 e. The molecule has 1 aliphatic heterocycles. The smallest absolute Gasteiger partial charge is 0.0714 e. The second kappa shape index (κ2) is 19.9. The van der Waals surface area contributed by atoms with Gasteiger partial charge in [-0.05, 0) is 150 Å². The van der Waals surface area contributed by atoms with Gasteiger partial charge in [-0.25, -0.2) is 0 Å². The van der Waals surface area contributed by atoms with E-state index in [0.29, 0.717) is 6.54 Å². The van der Waals surface area contributed by atoms with Crippen molar-refractivity contribution in [2.75, 3.05) is 16.3 Å². The summed E-state index contributed by atoms with van der Waals surface area (Å²) in [6.45, 7) is 5.27. The van der Waals surface area contributed by atoms with Gasteiger partial charge in [0.25, 0.3) is 0 Å². The third kappa shape index (κ3) is 8.37. The van der Waals surface area contributed by atoms with Crippen molar-refractivity contribution >= 4 is 34.0 Å². The molecule has 1 aliphatic carbocycles. The lowest BCUT2D eigenvalue weighted by molar-refractivity contribution is 0.768. The topological polar surface area (TPSA) is 6.48 Å². The Morgan fingerprint density at radius 1 is 0.342 bits per heavy atom. The zero-order valence-corrected chi connectivity index (χ0v) is 42.2. The molecule has 2 heteroatoms. The summed E-state index contributed by atoms with van der Waals surface area (Å²) in [5, 5.41) is 0. The summed E-state index contributed by atoms with van der Waals surface area (Å²) in [4.78, 5) is 4.86. The Labute approximate surface area is 446 Å². The zero-order valence-electron chi connectivity index (χ0n) is 42.2. The maximum absolute atomic E-state index is 4.59. The van der Waals surface area contributed by atoms with E-state index in [2.05, 4.69) is 320 Å². The lowest BCUT2D eigenvalue weighted by Gasteiger charge is -2.35. The standard InChI is InChI=1S/C74H54N2/c1-53-24-8-7-21-45-75(67-49-60(54-25-9-2-10-26-54)47-61(50-67)55-27-11-3-12-28-55)73-51-59(41-43-68(53)73)57-30-22-29-56(46-57)58-31-23-38-65(48-58)76(64-36-17-6-18-37-64)66-42-44-70-69-39-19-20-40-71(69)74(72(70)52-66,62-32-13-4-14-33-62)63-34-15-5-16-35-63/h2-44,46-52H,1,45H2/b21-7-,24-8-. The van der Waals surface area contributed by atoms with Crippen LogP contribution in [0.15, 0.2) is 310 Å². The van der Waals surface area contributed by atoms with Gasteiger partial charge in [-0.2, -0.15) is 0 Å². The molecule has 0 unspecified atom stereocenters. The van der Waals surface area contributed by atoms with Crippen molar-refractivity contribution in [2.45, 2.75) is 5.41 Å². The molecular weight excluding hydrogens is 917 g/mol. The molecule has 0 radical (unpaired) electrons. The molecule has 0 saturated carbocycles. The van der Waals surface area contributed by atoms with Crippen molar-refractivity contribution in [2.24, 2.45) is 0 Å². The van der Waals surface area contributed by atoms with E-state index in [-0.39, 0.29) is 0 Å². The summed E-state index contributed by atoms with van der Waals surface area (Å²) in [5.74, 6) is 0. The minimum atomic E-state index is -0.516. The third-order valence-corrected chi connectivity index (χ3v) is 15.3. The monoisotopic (exact) mass is 970 g/mol. The fourth-order valence-electron chi connectivity index (χ4n) is 11.7. The van der Waals surface area contributed by atoms with Crippen molar-refractivity contribution in [1.29, 1.82) is 0 Å². The van der Waals surface area contributed by atoms with Crippen LogP contribution in [0.5, 0.6) is 0 Å². The molecule has 0 aromatic heterocycles. The minimum absolute atomic E-state index is 0.516. The van der Waals surface area contributed by atoms with E-state index >= 15 is 0 Å². The van der Waals surface area contributed by atoms with Crippen LogP contribution >= 0.6 is 0 Å². The maximum atomic E-state index is 4.59. The number of fused-ring (bicyclic) bond motifs is 4. The lowest BCUT2D eigenvalue weighted by atomic mass is 9.67. The molecule has 2 nitrogen and oxygen atoms in total. The average Bonchev–Trinajstić information content (AvgIpc) is 3.87. The molecule has 13 rings (SSSR count). The molecule has 360 valence electrons. The second-order valence-electron chi connectivity index (χ2n) is 19.7. The molecule has 0 N–H and O–H groups in total. The van der Waals surface area contributed by atoms with Crippen LogP contribution in [-0.4, -0.2) is 6.54 Å². The summed E-state index contributed by atoms with van der Waals surface area (Å²) in [6, 6.07) is 102. The molecule has 1 heterocycles. The van der Waals surface area contributed by atoms with E-state index in [1.165, 1.54) is 55.6 Å². The van der Waals surface area contributed by atoms with Crippen LogP contribution in [0.25, 0.3) is 61.2 Å². The van der Waals surface area contributed by atoms with Crippen LogP contribution in [0.2, 0.25) is 0 Å². The SMILES string of the molecule is C=C1/C=C\C=C/CN(c2cc(-c3ccccc3)cc(-c3ccccc3)c2)c2cc(-c3cccc(-c4cccc(N(c5ccccc5)c5ccc6c(c5)C(c5ccccc5)(c5ccccc5)c5ccccc5-6)c4)c3)ccc21. The van der Waals surface area contributed by atoms with Gasteiger partial charge in [0, 0.05) is 40.5 Å². The number of allylic oxidation sites excluding steroid dienone is 4. The first-order chi connectivity index (χ1) is 37.6. The molecule has 0 spiro atoms. The number of hydrogen-bond donors (Lipinski definition) is 0. The zero-order chi connectivity index (χ0) is 50.8. The Balaban J connectivity index is 0.912. The second-order valence-corrected chi connectivity index (χ2v) is 19.7. The van der Waals surface area contributed by atoms with Gasteiger partial charge in [-0.3, -0.25) is 0 Å².